The Kier molecular flexibility index (Phi) is 5.01. The van der Waals surface area contributed by atoms with Gasteiger partial charge in [-0.3, -0.25) is 9.69 Å². The van der Waals surface area contributed by atoms with Gasteiger partial charge in [-0.2, -0.15) is 0 Å². The topological polar surface area (TPSA) is 57.7 Å². The molecule has 2 atom stereocenters. The van der Waals surface area contributed by atoms with E-state index in [1.807, 2.05) is 12.1 Å². The first kappa shape index (κ1) is 18.3. The highest BCUT2D eigenvalue weighted by atomic mass is 35.5. The molecule has 3 fully saturated rings. The molecule has 0 N–H and O–H groups in total. The van der Waals surface area contributed by atoms with E-state index in [1.165, 1.54) is 25.7 Å². The van der Waals surface area contributed by atoms with Crippen LogP contribution in [0.5, 0.6) is 0 Å². The third kappa shape index (κ3) is 3.51. The van der Waals surface area contributed by atoms with Crippen LogP contribution in [0.25, 0.3) is 0 Å². The smallest absolute Gasteiger partial charge is 0.241 e. The lowest BCUT2D eigenvalue weighted by atomic mass is 9.97. The van der Waals surface area contributed by atoms with Crippen molar-refractivity contribution in [1.29, 1.82) is 0 Å². The molecule has 0 unspecified atom stereocenters. The van der Waals surface area contributed by atoms with Crippen molar-refractivity contribution in [3.8, 4) is 0 Å². The molecule has 4 rings (SSSR count). The summed E-state index contributed by atoms with van der Waals surface area (Å²) in [5, 5.41) is 0.605. The Morgan fingerprint density at radius 1 is 0.923 bits per heavy atom. The Morgan fingerprint density at radius 2 is 1.54 bits per heavy atom. The van der Waals surface area contributed by atoms with Crippen LogP contribution >= 0.6 is 11.6 Å². The van der Waals surface area contributed by atoms with Crippen LogP contribution in [-0.2, 0) is 14.6 Å². The van der Waals surface area contributed by atoms with E-state index >= 15 is 0 Å². The van der Waals surface area contributed by atoms with Crippen molar-refractivity contribution in [2.24, 2.45) is 0 Å². The Labute approximate surface area is 160 Å². The molecule has 1 aromatic carbocycles. The predicted octanol–water partition coefficient (Wildman–Crippen LogP) is 2.88. The number of piperazine rings is 1. The molecule has 2 heterocycles. The third-order valence-corrected chi connectivity index (χ3v) is 7.99. The van der Waals surface area contributed by atoms with Crippen LogP contribution in [0.2, 0.25) is 5.02 Å². The molecule has 1 aromatic rings. The normalized spacial score (nSPS) is 30.2. The highest BCUT2D eigenvalue weighted by Gasteiger charge is 2.51. The van der Waals surface area contributed by atoms with Crippen molar-refractivity contribution >= 4 is 33.0 Å². The van der Waals surface area contributed by atoms with E-state index in [-0.39, 0.29) is 29.5 Å². The number of hydrogen-bond acceptors (Lipinski definition) is 4. The lowest BCUT2D eigenvalue weighted by molar-refractivity contribution is -0.124. The highest BCUT2D eigenvalue weighted by Crippen LogP contribution is 2.35. The maximum absolute atomic E-state index is 13.0. The van der Waals surface area contributed by atoms with Gasteiger partial charge in [-0.05, 0) is 37.1 Å². The zero-order valence-electron chi connectivity index (χ0n) is 14.8. The first-order valence-corrected chi connectivity index (χ1v) is 11.7. The minimum absolute atomic E-state index is 0.00470. The summed E-state index contributed by atoms with van der Waals surface area (Å²) in [5.41, 5.74) is 0.743. The first-order chi connectivity index (χ1) is 12.4. The second kappa shape index (κ2) is 7.13. The third-order valence-electron chi connectivity index (χ3n) is 6.04. The van der Waals surface area contributed by atoms with E-state index in [2.05, 4.69) is 4.90 Å². The number of nitrogens with zero attached hydrogens (tertiary/aromatic N) is 2. The van der Waals surface area contributed by atoms with E-state index in [0.29, 0.717) is 17.6 Å². The van der Waals surface area contributed by atoms with Crippen LogP contribution in [0.15, 0.2) is 24.3 Å². The summed E-state index contributed by atoms with van der Waals surface area (Å²) in [5.74, 6) is 0.204. The van der Waals surface area contributed by atoms with Crippen molar-refractivity contribution in [2.45, 2.75) is 56.7 Å². The van der Waals surface area contributed by atoms with Crippen molar-refractivity contribution in [2.75, 3.05) is 23.0 Å². The van der Waals surface area contributed by atoms with E-state index in [0.717, 1.165) is 18.5 Å². The van der Waals surface area contributed by atoms with Gasteiger partial charge in [-0.15, -0.1) is 0 Å². The standard InChI is InChI=1S/C19H25ClN2O3S/c20-14-7-9-16(10-8-14)22-18-13-26(24,25)12-17(18)21(11-19(22)23)15-5-3-1-2-4-6-15/h7-10,15,17-18H,1-6,11-13H2/t17-,18+/m0/s1. The number of halogens is 1. The number of hydrogen-bond donors (Lipinski definition) is 0. The monoisotopic (exact) mass is 396 g/mol. The van der Waals surface area contributed by atoms with Crippen LogP contribution in [-0.4, -0.2) is 55.4 Å². The number of rotatable bonds is 2. The van der Waals surface area contributed by atoms with Crippen molar-refractivity contribution in [1.82, 2.24) is 4.90 Å². The van der Waals surface area contributed by atoms with E-state index in [9.17, 15) is 13.2 Å². The SMILES string of the molecule is O=C1CN(C2CCCCCC2)[C@H]2CS(=O)(=O)C[C@H]2N1c1ccc(Cl)cc1. The first-order valence-electron chi connectivity index (χ1n) is 9.48. The molecule has 26 heavy (non-hydrogen) atoms. The zero-order chi connectivity index (χ0) is 18.3. The average molecular weight is 397 g/mol. The molecule has 5 nitrogen and oxygen atoms in total. The summed E-state index contributed by atoms with van der Waals surface area (Å²) in [4.78, 5) is 17.0. The summed E-state index contributed by atoms with van der Waals surface area (Å²) in [7, 11) is -3.14. The molecule has 2 saturated heterocycles. The predicted molar refractivity (Wildman–Crippen MR) is 103 cm³/mol. The number of benzene rings is 1. The van der Waals surface area contributed by atoms with E-state index in [4.69, 9.17) is 11.6 Å². The second-order valence-electron chi connectivity index (χ2n) is 7.77. The molecule has 0 bridgehead atoms. The fraction of sp³-hybridized carbons (Fsp3) is 0.632. The highest BCUT2D eigenvalue weighted by molar-refractivity contribution is 7.91. The molecule has 3 aliphatic rings. The van der Waals surface area contributed by atoms with Crippen LogP contribution in [0.1, 0.15) is 38.5 Å². The van der Waals surface area contributed by atoms with Crippen LogP contribution < -0.4 is 4.90 Å². The number of carbonyl (C=O) groups excluding carboxylic acids is 1. The lowest BCUT2D eigenvalue weighted by Gasteiger charge is -2.46. The van der Waals surface area contributed by atoms with Crippen LogP contribution in [0.4, 0.5) is 5.69 Å². The lowest BCUT2D eigenvalue weighted by Crippen LogP contribution is -2.64. The second-order valence-corrected chi connectivity index (χ2v) is 10.4. The van der Waals surface area contributed by atoms with Crippen molar-refractivity contribution < 1.29 is 13.2 Å². The van der Waals surface area contributed by atoms with E-state index < -0.39 is 9.84 Å². The van der Waals surface area contributed by atoms with Gasteiger partial charge in [0.1, 0.15) is 0 Å². The van der Waals surface area contributed by atoms with Gasteiger partial charge in [0.05, 0.1) is 24.1 Å². The molecule has 0 spiro atoms. The Balaban J connectivity index is 1.66. The molecule has 1 saturated carbocycles. The fourth-order valence-corrected chi connectivity index (χ4v) is 6.92. The van der Waals surface area contributed by atoms with Gasteiger partial charge in [0.15, 0.2) is 9.84 Å². The van der Waals surface area contributed by atoms with Crippen LogP contribution in [0, 0.1) is 0 Å². The molecular formula is C19H25ClN2O3S. The number of sulfone groups is 1. The molecule has 0 aromatic heterocycles. The van der Waals surface area contributed by atoms with Crippen molar-refractivity contribution in [3.05, 3.63) is 29.3 Å². The van der Waals surface area contributed by atoms with Crippen LogP contribution in [0.3, 0.4) is 0 Å². The minimum Gasteiger partial charge on any atom is -0.306 e. The zero-order valence-corrected chi connectivity index (χ0v) is 16.4. The molecule has 1 amide bonds. The van der Waals surface area contributed by atoms with Gasteiger partial charge in [0.25, 0.3) is 0 Å². The van der Waals surface area contributed by atoms with Gasteiger partial charge in [0, 0.05) is 22.8 Å². The van der Waals surface area contributed by atoms with Gasteiger partial charge < -0.3 is 4.90 Å². The van der Waals surface area contributed by atoms with Gasteiger partial charge in [-0.1, -0.05) is 37.3 Å². The number of fused-ring (bicyclic) bond motifs is 1. The number of amides is 1. The Morgan fingerprint density at radius 3 is 2.19 bits per heavy atom. The number of carbonyl (C=O) groups is 1. The maximum Gasteiger partial charge on any atom is 0.241 e. The largest absolute Gasteiger partial charge is 0.306 e. The number of anilines is 1. The summed E-state index contributed by atoms with van der Waals surface area (Å²) in [6.45, 7) is 0.310. The maximum atomic E-state index is 13.0. The Hall–Kier alpha value is -1.11. The van der Waals surface area contributed by atoms with E-state index in [1.54, 1.807) is 17.0 Å². The summed E-state index contributed by atoms with van der Waals surface area (Å²) < 4.78 is 24.9. The molecule has 142 valence electrons. The summed E-state index contributed by atoms with van der Waals surface area (Å²) >= 11 is 5.98. The molecule has 7 heteroatoms. The van der Waals surface area contributed by atoms with Crippen molar-refractivity contribution in [3.63, 3.8) is 0 Å². The summed E-state index contributed by atoms with van der Waals surface area (Å²) in [6.07, 6.45) is 6.94. The molecular weight excluding hydrogens is 372 g/mol. The Bertz CT molecular complexity index is 772. The minimum atomic E-state index is -3.14. The van der Waals surface area contributed by atoms with Gasteiger partial charge in [-0.25, -0.2) is 8.42 Å². The average Bonchev–Trinajstić information content (AvgIpc) is 2.76. The fourth-order valence-electron chi connectivity index (χ4n) is 4.83. The van der Waals surface area contributed by atoms with Gasteiger partial charge >= 0.3 is 0 Å². The molecule has 2 aliphatic heterocycles. The summed E-state index contributed by atoms with van der Waals surface area (Å²) in [6, 6.07) is 7.05. The molecule has 0 radical (unpaired) electrons. The quantitative estimate of drug-likeness (QED) is 0.721. The molecule has 1 aliphatic carbocycles. The van der Waals surface area contributed by atoms with Gasteiger partial charge in [0.2, 0.25) is 5.91 Å².